The summed E-state index contributed by atoms with van der Waals surface area (Å²) in [5.74, 6) is -2.74. The number of carboxylic acids is 1. The molecular formula is C19H17Cl2FO5S. The highest BCUT2D eigenvalue weighted by molar-refractivity contribution is 7.92. The van der Waals surface area contributed by atoms with Crippen LogP contribution in [0.3, 0.4) is 0 Å². The molecular weight excluding hydrogens is 430 g/mol. The van der Waals surface area contributed by atoms with Crippen molar-refractivity contribution in [3.8, 4) is 0 Å². The second-order valence-electron chi connectivity index (χ2n) is 6.60. The van der Waals surface area contributed by atoms with Gasteiger partial charge in [-0.25, -0.2) is 12.8 Å². The SMILES string of the molecule is O=C(O)[C@H]1C[C@H](S(=O)(=O)c2ccccc2Cl)C[C@@H]1OCc1ccc(Cl)cc1F. The van der Waals surface area contributed by atoms with Gasteiger partial charge in [0.05, 0.1) is 33.8 Å². The molecule has 1 aliphatic rings. The number of carbonyl (C=O) groups is 1. The van der Waals surface area contributed by atoms with E-state index in [2.05, 4.69) is 0 Å². The van der Waals surface area contributed by atoms with Gasteiger partial charge in [0.1, 0.15) is 5.82 Å². The Kier molecular flexibility index (Phi) is 6.29. The zero-order valence-corrected chi connectivity index (χ0v) is 16.8. The first-order valence-electron chi connectivity index (χ1n) is 8.47. The van der Waals surface area contributed by atoms with Gasteiger partial charge in [0, 0.05) is 10.6 Å². The van der Waals surface area contributed by atoms with Gasteiger partial charge < -0.3 is 9.84 Å². The molecule has 1 fully saturated rings. The number of benzene rings is 2. The van der Waals surface area contributed by atoms with Crippen molar-refractivity contribution in [3.63, 3.8) is 0 Å². The van der Waals surface area contributed by atoms with E-state index in [4.69, 9.17) is 27.9 Å². The van der Waals surface area contributed by atoms with Gasteiger partial charge in [-0.2, -0.15) is 0 Å². The normalized spacial score (nSPS) is 22.3. The largest absolute Gasteiger partial charge is 0.481 e. The fourth-order valence-electron chi connectivity index (χ4n) is 3.34. The van der Waals surface area contributed by atoms with Gasteiger partial charge >= 0.3 is 5.97 Å². The Bertz CT molecular complexity index is 996. The highest BCUT2D eigenvalue weighted by atomic mass is 35.5. The summed E-state index contributed by atoms with van der Waals surface area (Å²) in [6.07, 6.45) is -0.981. The predicted octanol–water partition coefficient (Wildman–Crippen LogP) is 4.35. The number of hydrogen-bond acceptors (Lipinski definition) is 4. The van der Waals surface area contributed by atoms with Crippen LogP contribution in [0.5, 0.6) is 0 Å². The molecule has 0 unspecified atom stereocenters. The van der Waals surface area contributed by atoms with Crippen LogP contribution >= 0.6 is 23.2 Å². The van der Waals surface area contributed by atoms with Gasteiger partial charge in [0.25, 0.3) is 0 Å². The van der Waals surface area contributed by atoms with E-state index in [-0.39, 0.29) is 40.0 Å². The van der Waals surface area contributed by atoms with Crippen molar-refractivity contribution < 1.29 is 27.4 Å². The Hall–Kier alpha value is -1.67. The minimum Gasteiger partial charge on any atom is -0.481 e. The van der Waals surface area contributed by atoms with Crippen LogP contribution in [0, 0.1) is 11.7 Å². The minimum absolute atomic E-state index is 0.0142. The van der Waals surface area contributed by atoms with E-state index in [1.807, 2.05) is 0 Å². The van der Waals surface area contributed by atoms with E-state index in [1.54, 1.807) is 12.1 Å². The fourth-order valence-corrected chi connectivity index (χ4v) is 5.83. The van der Waals surface area contributed by atoms with Crippen molar-refractivity contribution >= 4 is 39.0 Å². The lowest BCUT2D eigenvalue weighted by Gasteiger charge is -2.17. The number of aliphatic carboxylic acids is 1. The molecule has 0 saturated heterocycles. The van der Waals surface area contributed by atoms with Crippen LogP contribution in [0.4, 0.5) is 4.39 Å². The number of carboxylic acid groups (broad SMARTS) is 1. The average molecular weight is 447 g/mol. The van der Waals surface area contributed by atoms with Crippen molar-refractivity contribution in [2.45, 2.75) is 35.7 Å². The van der Waals surface area contributed by atoms with E-state index in [0.717, 1.165) is 6.07 Å². The zero-order chi connectivity index (χ0) is 20.5. The summed E-state index contributed by atoms with van der Waals surface area (Å²) in [7, 11) is -3.83. The van der Waals surface area contributed by atoms with Crippen molar-refractivity contribution in [1.82, 2.24) is 0 Å². The summed E-state index contributed by atoms with van der Waals surface area (Å²) >= 11 is 11.7. The molecule has 1 N–H and O–H groups in total. The van der Waals surface area contributed by atoms with Gasteiger partial charge in [0.15, 0.2) is 9.84 Å². The molecule has 5 nitrogen and oxygen atoms in total. The Morgan fingerprint density at radius 3 is 2.54 bits per heavy atom. The Morgan fingerprint density at radius 2 is 1.89 bits per heavy atom. The summed E-state index contributed by atoms with van der Waals surface area (Å²) in [5.41, 5.74) is 0.214. The third-order valence-electron chi connectivity index (χ3n) is 4.83. The van der Waals surface area contributed by atoms with Gasteiger partial charge in [-0.05, 0) is 37.1 Å². The van der Waals surface area contributed by atoms with E-state index in [9.17, 15) is 22.7 Å². The maximum Gasteiger partial charge on any atom is 0.309 e. The summed E-state index contributed by atoms with van der Waals surface area (Å²) in [5, 5.41) is 8.86. The van der Waals surface area contributed by atoms with Crippen molar-refractivity contribution in [2.24, 2.45) is 5.92 Å². The average Bonchev–Trinajstić information content (AvgIpc) is 3.06. The summed E-state index contributed by atoms with van der Waals surface area (Å²) in [4.78, 5) is 11.6. The molecule has 0 spiro atoms. The summed E-state index contributed by atoms with van der Waals surface area (Å²) < 4.78 is 45.4. The highest BCUT2D eigenvalue weighted by Gasteiger charge is 2.46. The topological polar surface area (TPSA) is 80.7 Å². The Labute approximate surface area is 172 Å². The van der Waals surface area contributed by atoms with E-state index in [0.29, 0.717) is 0 Å². The molecule has 1 saturated carbocycles. The van der Waals surface area contributed by atoms with Crippen LogP contribution < -0.4 is 0 Å². The molecule has 0 heterocycles. The van der Waals surface area contributed by atoms with Crippen molar-refractivity contribution in [2.75, 3.05) is 0 Å². The standard InChI is InChI=1S/C19H17Cl2FO5S/c20-12-6-5-11(16(22)7-12)10-27-17-9-13(8-14(17)19(23)24)28(25,26)18-4-2-1-3-15(18)21/h1-7,13-14,17H,8-10H2,(H,23,24)/t13-,14-,17-/m0/s1. The van der Waals surface area contributed by atoms with Crippen LogP contribution in [0.1, 0.15) is 18.4 Å². The highest BCUT2D eigenvalue weighted by Crippen LogP contribution is 2.38. The van der Waals surface area contributed by atoms with Gasteiger partial charge in [0.2, 0.25) is 0 Å². The Balaban J connectivity index is 1.79. The van der Waals surface area contributed by atoms with Crippen LogP contribution in [0.2, 0.25) is 10.0 Å². The predicted molar refractivity (Wildman–Crippen MR) is 103 cm³/mol. The van der Waals surface area contributed by atoms with Gasteiger partial charge in [-0.15, -0.1) is 0 Å². The van der Waals surface area contributed by atoms with Crippen molar-refractivity contribution in [3.05, 3.63) is 63.9 Å². The monoisotopic (exact) mass is 446 g/mol. The van der Waals surface area contributed by atoms with Gasteiger partial charge in [-0.1, -0.05) is 41.4 Å². The summed E-state index contributed by atoms with van der Waals surface area (Å²) in [6.45, 7) is -0.184. The molecule has 150 valence electrons. The molecule has 9 heteroatoms. The first-order chi connectivity index (χ1) is 13.2. The molecule has 3 rings (SSSR count). The second kappa shape index (κ2) is 8.37. The number of hydrogen-bond donors (Lipinski definition) is 1. The first-order valence-corrected chi connectivity index (χ1v) is 10.8. The van der Waals surface area contributed by atoms with E-state index in [1.165, 1.54) is 24.3 Å². The van der Waals surface area contributed by atoms with Crippen LogP contribution in [-0.4, -0.2) is 30.8 Å². The zero-order valence-electron chi connectivity index (χ0n) is 14.5. The van der Waals surface area contributed by atoms with Crippen molar-refractivity contribution in [1.29, 1.82) is 0 Å². The molecule has 0 aromatic heterocycles. The van der Waals surface area contributed by atoms with Crippen LogP contribution in [-0.2, 0) is 26.0 Å². The van der Waals surface area contributed by atoms with Gasteiger partial charge in [-0.3, -0.25) is 4.79 Å². The van der Waals surface area contributed by atoms with E-state index >= 15 is 0 Å². The number of rotatable bonds is 6. The maximum absolute atomic E-state index is 13.9. The maximum atomic E-state index is 13.9. The molecule has 0 radical (unpaired) electrons. The summed E-state index contributed by atoms with van der Waals surface area (Å²) in [6, 6.07) is 10.1. The molecule has 2 aromatic rings. The quantitative estimate of drug-likeness (QED) is 0.712. The number of halogens is 3. The second-order valence-corrected chi connectivity index (χ2v) is 9.64. The third kappa shape index (κ3) is 4.33. The van der Waals surface area contributed by atoms with Crippen LogP contribution in [0.25, 0.3) is 0 Å². The third-order valence-corrected chi connectivity index (χ3v) is 7.74. The lowest BCUT2D eigenvalue weighted by molar-refractivity contribution is -0.146. The minimum atomic E-state index is -3.83. The Morgan fingerprint density at radius 1 is 1.18 bits per heavy atom. The van der Waals surface area contributed by atoms with Crippen LogP contribution in [0.15, 0.2) is 47.4 Å². The van der Waals surface area contributed by atoms with E-state index < -0.39 is 38.9 Å². The fraction of sp³-hybridized carbons (Fsp3) is 0.316. The molecule has 0 aliphatic heterocycles. The first kappa shape index (κ1) is 21.0. The molecule has 1 aliphatic carbocycles. The smallest absolute Gasteiger partial charge is 0.309 e. The lowest BCUT2D eigenvalue weighted by Crippen LogP contribution is -2.25. The lowest BCUT2D eigenvalue weighted by atomic mass is 10.1. The number of ether oxygens (including phenoxy) is 1. The molecule has 28 heavy (non-hydrogen) atoms. The molecule has 2 aromatic carbocycles. The molecule has 0 bridgehead atoms. The molecule has 3 atom stereocenters. The number of sulfone groups is 1. The molecule has 0 amide bonds.